The molecule has 0 unspecified atom stereocenters. The molecule has 1 aromatic carbocycles. The number of nitrogens with one attached hydrogen (secondary N) is 1. The minimum atomic E-state index is -0.178. The van der Waals surface area contributed by atoms with Crippen LogP contribution in [-0.2, 0) is 0 Å². The van der Waals surface area contributed by atoms with Crippen molar-refractivity contribution >= 4 is 5.91 Å². The number of hydrogen-bond acceptors (Lipinski definition) is 3. The van der Waals surface area contributed by atoms with E-state index in [1.54, 1.807) is 6.07 Å². The maximum Gasteiger partial charge on any atom is 0.251 e. The molecule has 112 valence electrons. The molecule has 0 saturated heterocycles. The van der Waals surface area contributed by atoms with Crippen LogP contribution in [0.25, 0.3) is 0 Å². The number of carbonyl (C=O) groups is 1. The van der Waals surface area contributed by atoms with E-state index in [1.165, 1.54) is 12.8 Å². The summed E-state index contributed by atoms with van der Waals surface area (Å²) in [4.78, 5) is 14.5. The van der Waals surface area contributed by atoms with E-state index in [0.717, 1.165) is 17.7 Å². The molecule has 4 heteroatoms. The van der Waals surface area contributed by atoms with E-state index in [0.29, 0.717) is 18.2 Å². The summed E-state index contributed by atoms with van der Waals surface area (Å²) in [6.07, 6.45) is 2.55. The van der Waals surface area contributed by atoms with Gasteiger partial charge in [-0.1, -0.05) is 17.9 Å². The summed E-state index contributed by atoms with van der Waals surface area (Å²) in [6, 6.07) is 6.22. The molecule has 0 atom stereocenters. The van der Waals surface area contributed by atoms with E-state index < -0.39 is 0 Å². The molecule has 0 aliphatic heterocycles. The first-order valence-electron chi connectivity index (χ1n) is 7.30. The molecule has 0 spiro atoms. The SMILES string of the molecule is Cc1ccc(C#CCO)cc1C(=O)NCCN(C)C1CC1. The Bertz CT molecular complexity index is 568. The summed E-state index contributed by atoms with van der Waals surface area (Å²) in [5.74, 6) is 5.36. The number of nitrogens with zero attached hydrogens (tertiary/aromatic N) is 1. The lowest BCUT2D eigenvalue weighted by Gasteiger charge is -2.16. The van der Waals surface area contributed by atoms with Crippen molar-refractivity contribution in [1.82, 2.24) is 10.2 Å². The molecule has 0 radical (unpaired) electrons. The highest BCUT2D eigenvalue weighted by Gasteiger charge is 2.25. The van der Waals surface area contributed by atoms with E-state index in [1.807, 2.05) is 19.1 Å². The average molecular weight is 286 g/mol. The van der Waals surface area contributed by atoms with Crippen molar-refractivity contribution in [3.63, 3.8) is 0 Å². The average Bonchev–Trinajstić information content (AvgIpc) is 3.30. The minimum Gasteiger partial charge on any atom is -0.384 e. The van der Waals surface area contributed by atoms with Gasteiger partial charge in [-0.3, -0.25) is 4.79 Å². The van der Waals surface area contributed by atoms with Gasteiger partial charge >= 0.3 is 0 Å². The van der Waals surface area contributed by atoms with Crippen molar-refractivity contribution in [2.75, 3.05) is 26.7 Å². The summed E-state index contributed by atoms with van der Waals surface area (Å²) in [5.41, 5.74) is 2.32. The monoisotopic (exact) mass is 286 g/mol. The van der Waals surface area contributed by atoms with Crippen molar-refractivity contribution < 1.29 is 9.90 Å². The normalized spacial score (nSPS) is 13.7. The zero-order chi connectivity index (χ0) is 15.2. The highest BCUT2D eigenvalue weighted by Crippen LogP contribution is 2.24. The lowest BCUT2D eigenvalue weighted by Crippen LogP contribution is -2.34. The fraction of sp³-hybridized carbons (Fsp3) is 0.471. The number of aliphatic hydroxyl groups excluding tert-OH is 1. The predicted octanol–water partition coefficient (Wildman–Crippen LogP) is 1.16. The Labute approximate surface area is 126 Å². The molecule has 1 aliphatic carbocycles. The molecule has 1 fully saturated rings. The molecule has 1 saturated carbocycles. The van der Waals surface area contributed by atoms with Crippen LogP contribution in [0.15, 0.2) is 18.2 Å². The lowest BCUT2D eigenvalue weighted by molar-refractivity contribution is 0.0949. The van der Waals surface area contributed by atoms with Gasteiger partial charge in [0.1, 0.15) is 6.61 Å². The third-order valence-corrected chi connectivity index (χ3v) is 3.71. The van der Waals surface area contributed by atoms with Crippen LogP contribution in [0.3, 0.4) is 0 Å². The molecular formula is C17H22N2O2. The molecule has 1 aromatic rings. The summed E-state index contributed by atoms with van der Waals surface area (Å²) < 4.78 is 0. The Hall–Kier alpha value is -1.83. The van der Waals surface area contributed by atoms with Gasteiger partial charge < -0.3 is 15.3 Å². The van der Waals surface area contributed by atoms with Crippen LogP contribution >= 0.6 is 0 Å². The Morgan fingerprint density at radius 3 is 2.90 bits per heavy atom. The second-order valence-corrected chi connectivity index (χ2v) is 5.46. The van der Waals surface area contributed by atoms with Gasteiger partial charge in [-0.15, -0.1) is 0 Å². The molecule has 2 N–H and O–H groups in total. The third kappa shape index (κ3) is 4.59. The summed E-state index contributed by atoms with van der Waals surface area (Å²) in [6.45, 7) is 3.26. The van der Waals surface area contributed by atoms with Crippen LogP contribution < -0.4 is 5.32 Å². The van der Waals surface area contributed by atoms with Crippen LogP contribution in [0.1, 0.15) is 34.3 Å². The maximum absolute atomic E-state index is 12.2. The molecule has 1 amide bonds. The molecule has 4 nitrogen and oxygen atoms in total. The number of hydrogen-bond donors (Lipinski definition) is 2. The number of benzene rings is 1. The van der Waals surface area contributed by atoms with Gasteiger partial charge in [-0.2, -0.15) is 0 Å². The molecular weight excluding hydrogens is 264 g/mol. The molecule has 0 aromatic heterocycles. The Balaban J connectivity index is 1.93. The quantitative estimate of drug-likeness (QED) is 0.799. The van der Waals surface area contributed by atoms with E-state index in [4.69, 9.17) is 5.11 Å². The van der Waals surface area contributed by atoms with Gasteiger partial charge in [0.25, 0.3) is 5.91 Å². The zero-order valence-electron chi connectivity index (χ0n) is 12.6. The van der Waals surface area contributed by atoms with Crippen LogP contribution in [0, 0.1) is 18.8 Å². The highest BCUT2D eigenvalue weighted by molar-refractivity contribution is 5.96. The lowest BCUT2D eigenvalue weighted by atomic mass is 10.0. The Morgan fingerprint density at radius 2 is 2.24 bits per heavy atom. The number of carbonyl (C=O) groups excluding carboxylic acids is 1. The van der Waals surface area contributed by atoms with Gasteiger partial charge in [0, 0.05) is 30.3 Å². The minimum absolute atomic E-state index is 0.0654. The topological polar surface area (TPSA) is 52.6 Å². The van der Waals surface area contributed by atoms with Gasteiger partial charge in [0.15, 0.2) is 0 Å². The highest BCUT2D eigenvalue weighted by atomic mass is 16.2. The summed E-state index contributed by atoms with van der Waals surface area (Å²) in [7, 11) is 2.10. The van der Waals surface area contributed by atoms with Crippen molar-refractivity contribution in [3.8, 4) is 11.8 Å². The predicted molar refractivity (Wildman–Crippen MR) is 83.1 cm³/mol. The maximum atomic E-state index is 12.2. The number of aliphatic hydroxyl groups is 1. The number of aryl methyl sites for hydroxylation is 1. The third-order valence-electron chi connectivity index (χ3n) is 3.71. The number of amides is 1. The van der Waals surface area contributed by atoms with E-state index in [9.17, 15) is 4.79 Å². The van der Waals surface area contributed by atoms with Crippen LogP contribution in [-0.4, -0.2) is 48.7 Å². The Kier molecular flexibility index (Phi) is 5.38. The van der Waals surface area contributed by atoms with Crippen molar-refractivity contribution in [3.05, 3.63) is 34.9 Å². The first-order chi connectivity index (χ1) is 10.1. The smallest absolute Gasteiger partial charge is 0.251 e. The van der Waals surface area contributed by atoms with E-state index >= 15 is 0 Å². The molecule has 1 aliphatic rings. The number of likely N-dealkylation sites (N-methyl/N-ethyl adjacent to an activating group) is 1. The van der Waals surface area contributed by atoms with Gasteiger partial charge in [-0.05, 0) is 44.5 Å². The van der Waals surface area contributed by atoms with E-state index in [2.05, 4.69) is 29.1 Å². The van der Waals surface area contributed by atoms with Crippen molar-refractivity contribution in [2.24, 2.45) is 0 Å². The largest absolute Gasteiger partial charge is 0.384 e. The molecule has 21 heavy (non-hydrogen) atoms. The van der Waals surface area contributed by atoms with Crippen LogP contribution in [0.5, 0.6) is 0 Å². The number of rotatable bonds is 5. The zero-order valence-corrected chi connectivity index (χ0v) is 12.6. The van der Waals surface area contributed by atoms with Crippen LogP contribution in [0.2, 0.25) is 0 Å². The van der Waals surface area contributed by atoms with Crippen LogP contribution in [0.4, 0.5) is 0 Å². The fourth-order valence-electron chi connectivity index (χ4n) is 2.22. The van der Waals surface area contributed by atoms with Crippen molar-refractivity contribution in [1.29, 1.82) is 0 Å². The molecule has 0 bridgehead atoms. The Morgan fingerprint density at radius 1 is 1.48 bits per heavy atom. The summed E-state index contributed by atoms with van der Waals surface area (Å²) in [5, 5.41) is 11.7. The fourth-order valence-corrected chi connectivity index (χ4v) is 2.22. The standard InChI is InChI=1S/C17H22N2O2/c1-13-5-6-14(4-3-11-20)12-16(13)17(21)18-9-10-19(2)15-7-8-15/h5-6,12,15,20H,7-11H2,1-2H3,(H,18,21). The van der Waals surface area contributed by atoms with Crippen molar-refractivity contribution in [2.45, 2.75) is 25.8 Å². The molecule has 2 rings (SSSR count). The first-order valence-corrected chi connectivity index (χ1v) is 7.30. The summed E-state index contributed by atoms with van der Waals surface area (Å²) >= 11 is 0. The van der Waals surface area contributed by atoms with Gasteiger partial charge in [0.2, 0.25) is 0 Å². The van der Waals surface area contributed by atoms with E-state index in [-0.39, 0.29) is 12.5 Å². The first kappa shape index (κ1) is 15.6. The van der Waals surface area contributed by atoms with Gasteiger partial charge in [0.05, 0.1) is 0 Å². The second-order valence-electron chi connectivity index (χ2n) is 5.46. The molecule has 0 heterocycles. The second kappa shape index (κ2) is 7.26. The van der Waals surface area contributed by atoms with Gasteiger partial charge in [-0.25, -0.2) is 0 Å².